The number of carbonyl (C=O) groups is 1. The highest BCUT2D eigenvalue weighted by molar-refractivity contribution is 8.22. The highest BCUT2D eigenvalue weighted by Gasteiger charge is 2.13. The van der Waals surface area contributed by atoms with Crippen molar-refractivity contribution in [3.8, 4) is 0 Å². The third kappa shape index (κ3) is 3.83. The molecule has 1 atom stereocenters. The molecule has 0 saturated carbocycles. The van der Waals surface area contributed by atoms with Crippen LogP contribution in [0.2, 0.25) is 0 Å². The fourth-order valence-corrected chi connectivity index (χ4v) is 2.15. The zero-order valence-electron chi connectivity index (χ0n) is 8.80. The Morgan fingerprint density at radius 1 is 1.50 bits per heavy atom. The molecule has 0 bridgehead atoms. The average molecular weight is 254 g/mol. The Morgan fingerprint density at radius 3 is 2.62 bits per heavy atom. The molecule has 1 rings (SSSR count). The molecule has 0 radical (unpaired) electrons. The van der Waals surface area contributed by atoms with Gasteiger partial charge in [0.15, 0.2) is 0 Å². The van der Waals surface area contributed by atoms with Crippen LogP contribution in [0.15, 0.2) is 30.3 Å². The van der Waals surface area contributed by atoms with Gasteiger partial charge in [0.25, 0.3) is 0 Å². The molecule has 1 unspecified atom stereocenters. The van der Waals surface area contributed by atoms with E-state index in [1.165, 1.54) is 11.8 Å². The standard InChI is InChI=1S/C11H13NO2S2/c1-2-16-11(15)12-9(10(13)14)8-6-4-3-5-7-8/h3-7,9H,2H2,1H3,(H,12,15)(H,13,14)/p-1. The van der Waals surface area contributed by atoms with Gasteiger partial charge in [0.1, 0.15) is 4.32 Å². The maximum Gasteiger partial charge on any atom is 0.134 e. The molecule has 0 aromatic heterocycles. The molecular weight excluding hydrogens is 242 g/mol. The van der Waals surface area contributed by atoms with E-state index in [4.69, 9.17) is 12.2 Å². The molecule has 16 heavy (non-hydrogen) atoms. The summed E-state index contributed by atoms with van der Waals surface area (Å²) in [6, 6.07) is 7.97. The molecule has 1 N–H and O–H groups in total. The summed E-state index contributed by atoms with van der Waals surface area (Å²) in [7, 11) is 0. The van der Waals surface area contributed by atoms with Gasteiger partial charge in [-0.3, -0.25) is 0 Å². The van der Waals surface area contributed by atoms with Gasteiger partial charge in [-0.1, -0.05) is 61.2 Å². The lowest BCUT2D eigenvalue weighted by molar-refractivity contribution is -0.308. The normalized spacial score (nSPS) is 11.8. The van der Waals surface area contributed by atoms with Gasteiger partial charge in [-0.05, 0) is 11.3 Å². The Balaban J connectivity index is 2.77. The Morgan fingerprint density at radius 2 is 2.12 bits per heavy atom. The Bertz CT molecular complexity index is 368. The van der Waals surface area contributed by atoms with Crippen LogP contribution in [0.3, 0.4) is 0 Å². The minimum atomic E-state index is -1.18. The van der Waals surface area contributed by atoms with E-state index in [9.17, 15) is 9.90 Å². The molecule has 0 fully saturated rings. The van der Waals surface area contributed by atoms with Crippen LogP contribution in [0.4, 0.5) is 0 Å². The fourth-order valence-electron chi connectivity index (χ4n) is 1.21. The number of benzene rings is 1. The third-order valence-corrected chi connectivity index (χ3v) is 3.05. The Kier molecular flexibility index (Phi) is 5.28. The van der Waals surface area contributed by atoms with Gasteiger partial charge in [0.05, 0.1) is 12.0 Å². The second kappa shape index (κ2) is 6.50. The summed E-state index contributed by atoms with van der Waals surface area (Å²) in [4.78, 5) is 11.0. The van der Waals surface area contributed by atoms with Gasteiger partial charge < -0.3 is 15.2 Å². The highest BCUT2D eigenvalue weighted by Crippen LogP contribution is 2.14. The van der Waals surface area contributed by atoms with E-state index in [0.717, 1.165) is 5.75 Å². The van der Waals surface area contributed by atoms with Crippen LogP contribution in [-0.4, -0.2) is 16.0 Å². The summed E-state index contributed by atoms with van der Waals surface area (Å²) in [5.41, 5.74) is 0.640. The van der Waals surface area contributed by atoms with Crippen molar-refractivity contribution >= 4 is 34.3 Å². The van der Waals surface area contributed by atoms with Gasteiger partial charge in [0, 0.05) is 0 Å². The van der Waals surface area contributed by atoms with Crippen molar-refractivity contribution in [2.24, 2.45) is 0 Å². The number of hydrogen-bond acceptors (Lipinski definition) is 4. The minimum absolute atomic E-state index is 0.473. The summed E-state index contributed by atoms with van der Waals surface area (Å²) in [5.74, 6) is -0.370. The third-order valence-electron chi connectivity index (χ3n) is 1.91. The summed E-state index contributed by atoms with van der Waals surface area (Å²) < 4.78 is 0.473. The van der Waals surface area contributed by atoms with Crippen molar-refractivity contribution in [2.45, 2.75) is 13.0 Å². The second-order valence-corrected chi connectivity index (χ2v) is 4.97. The van der Waals surface area contributed by atoms with Crippen molar-refractivity contribution in [3.05, 3.63) is 35.9 Å². The van der Waals surface area contributed by atoms with Gasteiger partial charge >= 0.3 is 0 Å². The fraction of sp³-hybridized carbons (Fsp3) is 0.273. The quantitative estimate of drug-likeness (QED) is 0.816. The highest BCUT2D eigenvalue weighted by atomic mass is 32.2. The van der Waals surface area contributed by atoms with Crippen LogP contribution in [0.5, 0.6) is 0 Å². The van der Waals surface area contributed by atoms with E-state index in [1.54, 1.807) is 24.3 Å². The number of carboxylic acids is 1. The predicted octanol–water partition coefficient (Wildman–Crippen LogP) is 1.11. The lowest BCUT2D eigenvalue weighted by atomic mass is 10.1. The number of aliphatic carboxylic acids is 1. The average Bonchev–Trinajstić information content (AvgIpc) is 2.27. The molecule has 1 aromatic rings. The summed E-state index contributed by atoms with van der Waals surface area (Å²) >= 11 is 6.41. The van der Waals surface area contributed by atoms with E-state index in [0.29, 0.717) is 9.88 Å². The zero-order chi connectivity index (χ0) is 12.0. The van der Waals surface area contributed by atoms with Crippen molar-refractivity contribution < 1.29 is 9.90 Å². The van der Waals surface area contributed by atoms with Crippen LogP contribution in [-0.2, 0) is 4.79 Å². The summed E-state index contributed by atoms with van der Waals surface area (Å²) in [5, 5.41) is 13.8. The van der Waals surface area contributed by atoms with E-state index in [2.05, 4.69) is 5.32 Å². The summed E-state index contributed by atoms with van der Waals surface area (Å²) in [6.07, 6.45) is 0. The largest absolute Gasteiger partial charge is 0.548 e. The van der Waals surface area contributed by atoms with Crippen LogP contribution >= 0.6 is 24.0 Å². The van der Waals surface area contributed by atoms with Gasteiger partial charge in [0.2, 0.25) is 0 Å². The maximum absolute atomic E-state index is 11.0. The SMILES string of the molecule is CCSC(=S)NC(C(=O)[O-])c1ccccc1. The van der Waals surface area contributed by atoms with Crippen LogP contribution in [0, 0.1) is 0 Å². The first kappa shape index (κ1) is 13.0. The summed E-state index contributed by atoms with van der Waals surface area (Å²) in [6.45, 7) is 1.95. The van der Waals surface area contributed by atoms with Crippen molar-refractivity contribution in [2.75, 3.05) is 5.75 Å². The molecule has 0 aliphatic carbocycles. The smallest absolute Gasteiger partial charge is 0.134 e. The number of hydrogen-bond donors (Lipinski definition) is 1. The molecule has 3 nitrogen and oxygen atoms in total. The van der Waals surface area contributed by atoms with Gasteiger partial charge in [-0.25, -0.2) is 0 Å². The van der Waals surface area contributed by atoms with E-state index < -0.39 is 12.0 Å². The van der Waals surface area contributed by atoms with E-state index >= 15 is 0 Å². The van der Waals surface area contributed by atoms with E-state index in [1.807, 2.05) is 13.0 Å². The molecule has 0 amide bonds. The number of rotatable bonds is 4. The first-order valence-corrected chi connectivity index (χ1v) is 6.23. The molecule has 0 aliphatic rings. The molecular formula is C11H12NO2S2-. The lowest BCUT2D eigenvalue weighted by Crippen LogP contribution is -2.40. The van der Waals surface area contributed by atoms with Crippen molar-refractivity contribution in [3.63, 3.8) is 0 Å². The number of carboxylic acid groups (broad SMARTS) is 1. The van der Waals surface area contributed by atoms with Gasteiger partial charge in [-0.15, -0.1) is 0 Å². The van der Waals surface area contributed by atoms with Gasteiger partial charge in [-0.2, -0.15) is 0 Å². The Hall–Kier alpha value is -1.07. The molecule has 0 saturated heterocycles. The van der Waals surface area contributed by atoms with Crippen LogP contribution < -0.4 is 10.4 Å². The Labute approximate surface area is 104 Å². The first-order valence-electron chi connectivity index (χ1n) is 4.84. The number of thiocarbonyl (C=S) groups is 1. The van der Waals surface area contributed by atoms with Crippen molar-refractivity contribution in [1.29, 1.82) is 0 Å². The number of carbonyl (C=O) groups excluding carboxylic acids is 1. The second-order valence-electron chi connectivity index (χ2n) is 3.03. The minimum Gasteiger partial charge on any atom is -0.548 e. The first-order chi connectivity index (χ1) is 7.65. The predicted molar refractivity (Wildman–Crippen MR) is 68.1 cm³/mol. The molecule has 0 heterocycles. The van der Waals surface area contributed by atoms with Crippen LogP contribution in [0.25, 0.3) is 0 Å². The monoisotopic (exact) mass is 254 g/mol. The topological polar surface area (TPSA) is 52.2 Å². The zero-order valence-corrected chi connectivity index (χ0v) is 10.4. The molecule has 1 aromatic carbocycles. The number of nitrogens with one attached hydrogen (secondary N) is 1. The van der Waals surface area contributed by atoms with E-state index in [-0.39, 0.29) is 0 Å². The number of thioether (sulfide) groups is 1. The van der Waals surface area contributed by atoms with Crippen molar-refractivity contribution in [1.82, 2.24) is 5.32 Å². The molecule has 5 heteroatoms. The lowest BCUT2D eigenvalue weighted by Gasteiger charge is -2.21. The van der Waals surface area contributed by atoms with Crippen LogP contribution in [0.1, 0.15) is 18.5 Å². The molecule has 0 aliphatic heterocycles. The molecule has 86 valence electrons. The maximum atomic E-state index is 11.0. The molecule has 0 spiro atoms.